The number of rotatable bonds is 9. The van der Waals surface area contributed by atoms with Crippen LogP contribution in [-0.2, 0) is 4.79 Å². The van der Waals surface area contributed by atoms with E-state index in [1.807, 2.05) is 44.2 Å². The fourth-order valence-corrected chi connectivity index (χ4v) is 2.38. The number of aliphatic hydroxyl groups excluding tert-OH is 1. The Morgan fingerprint density at radius 3 is 2.62 bits per heavy atom. The lowest BCUT2D eigenvalue weighted by molar-refractivity contribution is -0.125. The van der Waals surface area contributed by atoms with Crippen LogP contribution in [0.1, 0.15) is 38.6 Å². The van der Waals surface area contributed by atoms with Crippen LogP contribution in [0.15, 0.2) is 53.1 Å². The normalized spacial score (nSPS) is 14.6. The number of nitrogens with one attached hydrogen (secondary N) is 1. The van der Waals surface area contributed by atoms with Crippen LogP contribution in [0.4, 0.5) is 0 Å². The summed E-state index contributed by atoms with van der Waals surface area (Å²) in [6.07, 6.45) is 1.85. The zero-order chi connectivity index (χ0) is 17.4. The second-order valence-corrected chi connectivity index (χ2v) is 6.03. The van der Waals surface area contributed by atoms with E-state index in [1.54, 1.807) is 12.1 Å². The molecule has 2 rings (SSSR count). The van der Waals surface area contributed by atoms with E-state index in [4.69, 9.17) is 9.15 Å². The molecule has 0 bridgehead atoms. The number of hydrogen-bond donors (Lipinski definition) is 2. The topological polar surface area (TPSA) is 71.7 Å². The molecule has 1 amide bonds. The van der Waals surface area contributed by atoms with Gasteiger partial charge in [-0.15, -0.1) is 0 Å². The van der Waals surface area contributed by atoms with Gasteiger partial charge in [-0.3, -0.25) is 4.79 Å². The largest absolute Gasteiger partial charge is 0.494 e. The van der Waals surface area contributed by atoms with Gasteiger partial charge in [-0.1, -0.05) is 25.1 Å². The molecule has 0 fully saturated rings. The molecule has 0 aliphatic carbocycles. The maximum atomic E-state index is 12.2. The molecule has 0 aliphatic rings. The number of carbonyl (C=O) groups excluding carboxylic acids is 1. The third-order valence-corrected chi connectivity index (χ3v) is 3.85. The van der Waals surface area contributed by atoms with Crippen LogP contribution in [-0.4, -0.2) is 23.7 Å². The monoisotopic (exact) mass is 331 g/mol. The number of para-hydroxylation sites is 1. The predicted octanol–water partition coefficient (Wildman–Crippen LogP) is 3.31. The lowest BCUT2D eigenvalue weighted by Gasteiger charge is -2.19. The molecule has 2 N–H and O–H groups in total. The van der Waals surface area contributed by atoms with Crippen molar-refractivity contribution in [2.24, 2.45) is 5.92 Å². The van der Waals surface area contributed by atoms with E-state index in [0.717, 1.165) is 5.75 Å². The molecule has 0 aliphatic heterocycles. The van der Waals surface area contributed by atoms with Crippen molar-refractivity contribution < 1.29 is 19.1 Å². The Labute approximate surface area is 142 Å². The van der Waals surface area contributed by atoms with Crippen molar-refractivity contribution in [3.8, 4) is 5.75 Å². The van der Waals surface area contributed by atoms with E-state index in [-0.39, 0.29) is 17.9 Å². The van der Waals surface area contributed by atoms with E-state index in [9.17, 15) is 9.90 Å². The Bertz CT molecular complexity index is 597. The van der Waals surface area contributed by atoms with E-state index in [0.29, 0.717) is 25.2 Å². The predicted molar refractivity (Wildman–Crippen MR) is 91.6 cm³/mol. The molecule has 1 aromatic heterocycles. The Morgan fingerprint density at radius 2 is 1.96 bits per heavy atom. The van der Waals surface area contributed by atoms with E-state index in [2.05, 4.69) is 5.32 Å². The van der Waals surface area contributed by atoms with Crippen LogP contribution in [0.25, 0.3) is 0 Å². The summed E-state index contributed by atoms with van der Waals surface area (Å²) in [6, 6.07) is 12.9. The van der Waals surface area contributed by atoms with Gasteiger partial charge in [-0.05, 0) is 37.6 Å². The molecule has 1 heterocycles. The van der Waals surface area contributed by atoms with Gasteiger partial charge in [-0.25, -0.2) is 0 Å². The summed E-state index contributed by atoms with van der Waals surface area (Å²) in [5, 5.41) is 13.0. The zero-order valence-electron chi connectivity index (χ0n) is 14.1. The van der Waals surface area contributed by atoms with Crippen molar-refractivity contribution >= 4 is 5.91 Å². The Morgan fingerprint density at radius 1 is 1.21 bits per heavy atom. The highest BCUT2D eigenvalue weighted by molar-refractivity contribution is 5.78. The van der Waals surface area contributed by atoms with Crippen LogP contribution in [0, 0.1) is 5.92 Å². The third-order valence-electron chi connectivity index (χ3n) is 3.85. The van der Waals surface area contributed by atoms with Crippen molar-refractivity contribution in [3.05, 3.63) is 54.5 Å². The Balaban J connectivity index is 1.68. The molecule has 5 heteroatoms. The van der Waals surface area contributed by atoms with Crippen LogP contribution in [0.3, 0.4) is 0 Å². The fourth-order valence-electron chi connectivity index (χ4n) is 2.38. The van der Waals surface area contributed by atoms with Crippen LogP contribution in [0.5, 0.6) is 5.75 Å². The van der Waals surface area contributed by atoms with Crippen LogP contribution >= 0.6 is 0 Å². The van der Waals surface area contributed by atoms with Crippen LogP contribution < -0.4 is 10.1 Å². The van der Waals surface area contributed by atoms with Crippen molar-refractivity contribution in [2.75, 3.05) is 6.61 Å². The van der Waals surface area contributed by atoms with E-state index < -0.39 is 6.10 Å². The van der Waals surface area contributed by atoms with Crippen molar-refractivity contribution in [1.29, 1.82) is 0 Å². The third kappa shape index (κ3) is 5.74. The Hall–Kier alpha value is -2.27. The minimum Gasteiger partial charge on any atom is -0.494 e. The van der Waals surface area contributed by atoms with Crippen molar-refractivity contribution in [1.82, 2.24) is 5.32 Å². The van der Waals surface area contributed by atoms with E-state index in [1.165, 1.54) is 6.26 Å². The molecule has 2 aromatic rings. The molecule has 0 unspecified atom stereocenters. The van der Waals surface area contributed by atoms with Gasteiger partial charge >= 0.3 is 0 Å². The van der Waals surface area contributed by atoms with Crippen LogP contribution in [0.2, 0.25) is 0 Å². The van der Waals surface area contributed by atoms with Gasteiger partial charge in [0.1, 0.15) is 17.6 Å². The second kappa shape index (κ2) is 9.13. The summed E-state index contributed by atoms with van der Waals surface area (Å²) in [5.41, 5.74) is 0. The van der Waals surface area contributed by atoms with Gasteiger partial charge < -0.3 is 19.6 Å². The van der Waals surface area contributed by atoms with Gasteiger partial charge in [0.05, 0.1) is 12.9 Å². The molecule has 5 nitrogen and oxygen atoms in total. The Kier molecular flexibility index (Phi) is 6.88. The quantitative estimate of drug-likeness (QED) is 0.739. The lowest BCUT2D eigenvalue weighted by Crippen LogP contribution is -2.37. The van der Waals surface area contributed by atoms with Gasteiger partial charge in [0, 0.05) is 18.4 Å². The van der Waals surface area contributed by atoms with Crippen molar-refractivity contribution in [2.45, 2.75) is 38.8 Å². The highest BCUT2D eigenvalue weighted by Gasteiger charge is 2.19. The summed E-state index contributed by atoms with van der Waals surface area (Å²) < 4.78 is 10.8. The minimum absolute atomic E-state index is 0.0363. The molecule has 0 spiro atoms. The average Bonchev–Trinajstić information content (AvgIpc) is 3.10. The number of carbonyl (C=O) groups is 1. The van der Waals surface area contributed by atoms with Gasteiger partial charge in [0.15, 0.2) is 0 Å². The highest BCUT2D eigenvalue weighted by Crippen LogP contribution is 2.18. The number of hydrogen-bond acceptors (Lipinski definition) is 4. The molecule has 24 heavy (non-hydrogen) atoms. The fraction of sp³-hybridized carbons (Fsp3) is 0.421. The molecular formula is C19H25NO4. The first kappa shape index (κ1) is 18.1. The second-order valence-electron chi connectivity index (χ2n) is 6.03. The van der Waals surface area contributed by atoms with Crippen molar-refractivity contribution in [3.63, 3.8) is 0 Å². The number of aliphatic hydroxyl groups is 1. The number of benzene rings is 1. The zero-order valence-corrected chi connectivity index (χ0v) is 14.1. The number of amides is 1. The van der Waals surface area contributed by atoms with E-state index >= 15 is 0 Å². The number of ether oxygens (including phenoxy) is 1. The maximum Gasteiger partial charge on any atom is 0.223 e. The van der Waals surface area contributed by atoms with Gasteiger partial charge in [-0.2, -0.15) is 0 Å². The summed E-state index contributed by atoms with van der Waals surface area (Å²) >= 11 is 0. The molecule has 0 saturated heterocycles. The molecule has 3 atom stereocenters. The van der Waals surface area contributed by atoms with Gasteiger partial charge in [0.25, 0.3) is 0 Å². The number of furan rings is 1. The molecular weight excluding hydrogens is 306 g/mol. The first-order valence-corrected chi connectivity index (χ1v) is 8.26. The molecule has 1 aromatic carbocycles. The lowest BCUT2D eigenvalue weighted by atomic mass is 10.1. The SMILES string of the molecule is C[C@H](C[C@@H](O)c1ccco1)NC(=O)[C@H](C)CCOc1ccccc1. The molecule has 0 saturated carbocycles. The molecule has 0 radical (unpaired) electrons. The highest BCUT2D eigenvalue weighted by atomic mass is 16.5. The summed E-state index contributed by atoms with van der Waals surface area (Å²) in [5.74, 6) is 1.13. The maximum absolute atomic E-state index is 12.2. The first-order chi connectivity index (χ1) is 11.6. The standard InChI is InChI=1S/C19H25NO4/c1-14(10-12-23-16-7-4-3-5-8-16)19(22)20-15(2)13-17(21)18-9-6-11-24-18/h3-9,11,14-15,17,21H,10,12-13H2,1-2H3,(H,20,22)/t14-,15-,17-/m1/s1. The molecule has 130 valence electrons. The minimum atomic E-state index is -0.716. The summed E-state index contributed by atoms with van der Waals surface area (Å²) in [4.78, 5) is 12.2. The van der Waals surface area contributed by atoms with Gasteiger partial charge in [0.2, 0.25) is 5.91 Å². The summed E-state index contributed by atoms with van der Waals surface area (Å²) in [6.45, 7) is 4.23. The average molecular weight is 331 g/mol. The summed E-state index contributed by atoms with van der Waals surface area (Å²) in [7, 11) is 0. The first-order valence-electron chi connectivity index (χ1n) is 8.26. The smallest absolute Gasteiger partial charge is 0.223 e.